The molecule has 3 heteroatoms. The highest BCUT2D eigenvalue weighted by Crippen LogP contribution is 2.23. The third-order valence-corrected chi connectivity index (χ3v) is 2.12. The maximum Gasteiger partial charge on any atom is 0.119 e. The van der Waals surface area contributed by atoms with E-state index in [2.05, 4.69) is 4.98 Å². The van der Waals surface area contributed by atoms with Gasteiger partial charge in [0.15, 0.2) is 0 Å². The van der Waals surface area contributed by atoms with Crippen LogP contribution >= 0.6 is 0 Å². The Bertz CT molecular complexity index is 821. The van der Waals surface area contributed by atoms with Gasteiger partial charge in [0.05, 0.1) is 11.2 Å². The number of nitrogens with zero attached hydrogens (tertiary/aromatic N) is 1. The van der Waals surface area contributed by atoms with Gasteiger partial charge in [-0.1, -0.05) is 0 Å². The van der Waals surface area contributed by atoms with E-state index >= 15 is 0 Å². The summed E-state index contributed by atoms with van der Waals surface area (Å²) in [5.74, 6) is -0.0887. The summed E-state index contributed by atoms with van der Waals surface area (Å²) in [7, 11) is -2.74. The van der Waals surface area contributed by atoms with Crippen LogP contribution in [0.4, 0.5) is 0 Å². The quantitative estimate of drug-likeness (QED) is 0.873. The summed E-state index contributed by atoms with van der Waals surface area (Å²) in [6, 6.07) is 4.01. The summed E-state index contributed by atoms with van der Waals surface area (Å²) in [5, 5.41) is 0.139. The van der Waals surface area contributed by atoms with Crippen LogP contribution in [0.2, 0.25) is 0 Å². The van der Waals surface area contributed by atoms with E-state index in [1.165, 1.54) is 24.4 Å². The van der Waals surface area contributed by atoms with Crippen molar-refractivity contribution in [3.63, 3.8) is 0 Å². The topological polar surface area (TPSA) is 28.3 Å². The molecule has 0 aliphatic carbocycles. The highest BCUT2D eigenvalue weighted by atomic mass is 16.5. The van der Waals surface area contributed by atoms with E-state index in [0.29, 0.717) is 5.52 Å². The SMILES string of the molecule is [2H]C(N(C([2H])([2H])[2H])C([2H])([2H])[2H])C([2H])([2H])c1c[nH]c2ccc(OC([2H])([2H])[2H])cc12. The molecule has 0 spiro atoms. The van der Waals surface area contributed by atoms with Crippen LogP contribution in [0, 0.1) is 0 Å². The number of likely N-dealkylation sites (N-methyl/N-ethyl adjacent to an activating group) is 1. The molecular formula is C13H18N2O. The summed E-state index contributed by atoms with van der Waals surface area (Å²) >= 11 is 0. The Hall–Kier alpha value is -1.48. The molecule has 2 rings (SSSR count). The van der Waals surface area contributed by atoms with E-state index in [0.717, 1.165) is 0 Å². The molecule has 0 bridgehead atoms. The van der Waals surface area contributed by atoms with E-state index in [1.807, 2.05) is 0 Å². The van der Waals surface area contributed by atoms with Crippen molar-refractivity contribution in [1.29, 1.82) is 0 Å². The molecule has 0 radical (unpaired) electrons. The van der Waals surface area contributed by atoms with Crippen molar-refractivity contribution in [2.45, 2.75) is 6.37 Å². The second-order valence-corrected chi connectivity index (χ2v) is 3.16. The van der Waals surface area contributed by atoms with Gasteiger partial charge in [-0.05, 0) is 44.1 Å². The largest absolute Gasteiger partial charge is 0.497 e. The average Bonchev–Trinajstić information content (AvgIpc) is 2.85. The Morgan fingerprint density at radius 2 is 2.44 bits per heavy atom. The average molecular weight is 230 g/mol. The molecule has 1 aromatic heterocycles. The lowest BCUT2D eigenvalue weighted by atomic mass is 10.1. The molecule has 86 valence electrons. The molecule has 1 N–H and O–H groups in total. The summed E-state index contributed by atoms with van der Waals surface area (Å²) in [6.07, 6.45) is -1.55. The molecule has 3 nitrogen and oxygen atoms in total. The molecule has 1 aromatic carbocycles. The standard InChI is InChI=1S/C13H18N2O/c1-15(2)7-6-10-9-14-13-5-4-11(16-3)8-12(10)13/h4-5,8-9,14H,6-7H2,1-3H3/i1D3,2D3,3D3,6D2,7D. The van der Waals surface area contributed by atoms with Crippen molar-refractivity contribution in [3.05, 3.63) is 30.0 Å². The van der Waals surface area contributed by atoms with Gasteiger partial charge in [0.25, 0.3) is 0 Å². The predicted molar refractivity (Wildman–Crippen MR) is 67.1 cm³/mol. The van der Waals surface area contributed by atoms with Gasteiger partial charge in [-0.2, -0.15) is 0 Å². The fraction of sp³-hybridized carbons (Fsp3) is 0.385. The van der Waals surface area contributed by atoms with Crippen molar-refractivity contribution < 1.29 is 21.2 Å². The van der Waals surface area contributed by atoms with E-state index in [1.54, 1.807) is 0 Å². The fourth-order valence-electron chi connectivity index (χ4n) is 1.42. The van der Waals surface area contributed by atoms with Gasteiger partial charge in [-0.15, -0.1) is 0 Å². The molecule has 1 atom stereocenters. The molecule has 1 heterocycles. The third-order valence-electron chi connectivity index (χ3n) is 2.12. The van der Waals surface area contributed by atoms with Gasteiger partial charge < -0.3 is 14.6 Å². The zero-order valence-electron chi connectivity index (χ0n) is 20.2. The molecule has 0 saturated carbocycles. The van der Waals surface area contributed by atoms with Crippen LogP contribution in [-0.2, 0) is 6.37 Å². The third kappa shape index (κ3) is 2.19. The van der Waals surface area contributed by atoms with Crippen LogP contribution in [0.1, 0.15) is 22.0 Å². The zero-order valence-corrected chi connectivity index (χ0v) is 8.24. The lowest BCUT2D eigenvalue weighted by Crippen LogP contribution is -2.14. The van der Waals surface area contributed by atoms with Crippen molar-refractivity contribution in [2.24, 2.45) is 0 Å². The van der Waals surface area contributed by atoms with Crippen LogP contribution in [0.25, 0.3) is 10.9 Å². The molecule has 1 unspecified atom stereocenters. The van der Waals surface area contributed by atoms with E-state index in [-0.39, 0.29) is 21.6 Å². The smallest absolute Gasteiger partial charge is 0.119 e. The molecule has 0 fully saturated rings. The van der Waals surface area contributed by atoms with Gasteiger partial charge >= 0.3 is 0 Å². The van der Waals surface area contributed by atoms with Gasteiger partial charge in [0, 0.05) is 36.0 Å². The molecule has 0 amide bonds. The van der Waals surface area contributed by atoms with Gasteiger partial charge in [0.1, 0.15) is 5.75 Å². The van der Waals surface area contributed by atoms with Crippen LogP contribution in [0.3, 0.4) is 0 Å². The number of fused-ring (bicyclic) bond motifs is 1. The number of aromatic nitrogens is 1. The predicted octanol–water partition coefficient (Wildman–Crippen LogP) is 2.28. The maximum absolute atomic E-state index is 8.28. The molecule has 2 aromatic rings. The van der Waals surface area contributed by atoms with E-state index in [4.69, 9.17) is 21.2 Å². The first kappa shape index (κ1) is 3.50. The number of ether oxygens (including phenoxy) is 1. The second kappa shape index (κ2) is 4.58. The highest BCUT2D eigenvalue weighted by molar-refractivity contribution is 5.84. The van der Waals surface area contributed by atoms with Crippen molar-refractivity contribution in [2.75, 3.05) is 27.5 Å². The van der Waals surface area contributed by atoms with E-state index in [9.17, 15) is 0 Å². The van der Waals surface area contributed by atoms with Gasteiger partial charge in [-0.3, -0.25) is 0 Å². The Morgan fingerprint density at radius 1 is 1.50 bits per heavy atom. The number of aromatic amines is 1. The van der Waals surface area contributed by atoms with Crippen LogP contribution in [0.5, 0.6) is 5.75 Å². The number of hydrogen-bond donors (Lipinski definition) is 1. The van der Waals surface area contributed by atoms with Crippen molar-refractivity contribution >= 4 is 10.9 Å². The number of methoxy groups -OCH3 is 1. The molecule has 0 aliphatic heterocycles. The molecule has 0 aliphatic rings. The second-order valence-electron chi connectivity index (χ2n) is 3.16. The number of rotatable bonds is 4. The number of aryl methyl sites for hydroxylation is 1. The van der Waals surface area contributed by atoms with Crippen LogP contribution in [-0.4, -0.2) is 37.4 Å². The first-order chi connectivity index (χ1) is 12.4. The summed E-state index contributed by atoms with van der Waals surface area (Å²) in [4.78, 5) is 2.59. The summed E-state index contributed by atoms with van der Waals surface area (Å²) in [5.41, 5.74) is 0.176. The maximum atomic E-state index is 8.28. The fourth-order valence-corrected chi connectivity index (χ4v) is 1.42. The number of nitrogens with one attached hydrogen (secondary N) is 1. The molecule has 0 saturated heterocycles. The summed E-state index contributed by atoms with van der Waals surface area (Å²) < 4.78 is 95.3. The molecular weight excluding hydrogens is 200 g/mol. The zero-order chi connectivity index (χ0) is 21.7. The molecule has 16 heavy (non-hydrogen) atoms. The van der Waals surface area contributed by atoms with Crippen molar-refractivity contribution in [1.82, 2.24) is 9.88 Å². The lowest BCUT2D eigenvalue weighted by molar-refractivity contribution is 0.413. The van der Waals surface area contributed by atoms with Crippen molar-refractivity contribution in [3.8, 4) is 5.75 Å². The van der Waals surface area contributed by atoms with Gasteiger partial charge in [-0.25, -0.2) is 0 Å². The Morgan fingerprint density at radius 3 is 3.25 bits per heavy atom. The number of hydrogen-bond acceptors (Lipinski definition) is 2. The van der Waals surface area contributed by atoms with Crippen LogP contribution < -0.4 is 4.74 Å². The lowest BCUT2D eigenvalue weighted by Gasteiger charge is -2.08. The highest BCUT2D eigenvalue weighted by Gasteiger charge is 2.05. The summed E-state index contributed by atoms with van der Waals surface area (Å²) in [6.45, 7) is -8.79. The monoisotopic (exact) mass is 230 g/mol. The first-order valence-corrected chi connectivity index (χ1v) is 4.47. The van der Waals surface area contributed by atoms with E-state index < -0.39 is 33.9 Å². The number of H-pyrrole nitrogens is 1. The Balaban J connectivity index is 2.55. The minimum Gasteiger partial charge on any atom is -0.497 e. The Labute approximate surface area is 113 Å². The normalized spacial score (nSPS) is 27.6. The number of benzene rings is 1. The van der Waals surface area contributed by atoms with Crippen LogP contribution in [0.15, 0.2) is 24.4 Å². The minimum absolute atomic E-state index is 0.0887. The Kier molecular flexibility index (Phi) is 1.00. The first-order valence-electron chi connectivity index (χ1n) is 10.5. The van der Waals surface area contributed by atoms with Gasteiger partial charge in [0.2, 0.25) is 0 Å². The minimum atomic E-state index is -3.24.